The average molecular weight is 523 g/mol. The lowest BCUT2D eigenvalue weighted by atomic mass is 9.99. The highest BCUT2D eigenvalue weighted by molar-refractivity contribution is 7.92. The van der Waals surface area contributed by atoms with Gasteiger partial charge in [-0.05, 0) is 43.3 Å². The molecule has 0 aliphatic carbocycles. The van der Waals surface area contributed by atoms with Crippen molar-refractivity contribution in [2.45, 2.75) is 26.0 Å². The number of carbonyl (C=O) groups is 2. The van der Waals surface area contributed by atoms with Crippen LogP contribution in [0, 0.1) is 11.7 Å². The van der Waals surface area contributed by atoms with Gasteiger partial charge in [0.1, 0.15) is 11.9 Å². The summed E-state index contributed by atoms with van der Waals surface area (Å²) in [4.78, 5) is 29.1. The summed E-state index contributed by atoms with van der Waals surface area (Å²) in [6.45, 7) is 3.62. The molecule has 0 saturated heterocycles. The van der Waals surface area contributed by atoms with E-state index in [1.54, 1.807) is 14.0 Å². The number of likely N-dealkylation sites (N-methyl/N-ethyl adjacent to an activating group) is 1. The van der Waals surface area contributed by atoms with E-state index in [9.17, 15) is 27.5 Å². The van der Waals surface area contributed by atoms with Crippen molar-refractivity contribution in [2.24, 2.45) is 5.92 Å². The first kappa shape index (κ1) is 27.2. The fourth-order valence-electron chi connectivity index (χ4n) is 3.85. The molecule has 1 aliphatic rings. The normalized spacial score (nSPS) is 18.8. The maximum Gasteiger partial charge on any atom is 0.321 e. The SMILES string of the molecule is C[C@@H]1CN([C@H](C)CO)C(=O)c2cccc(NS(C)(=O)=O)c2O[C@@H]1CN(C)C(=O)Nc1ccc(F)cc1. The zero-order valence-electron chi connectivity index (χ0n) is 20.6. The Hall–Kier alpha value is -3.38. The molecule has 3 N–H and O–H groups in total. The molecule has 1 aliphatic heterocycles. The number of hydrogen-bond acceptors (Lipinski definition) is 6. The number of halogens is 1. The van der Waals surface area contributed by atoms with Gasteiger partial charge in [-0.1, -0.05) is 13.0 Å². The molecular formula is C24H31FN4O6S. The molecule has 0 aromatic heterocycles. The number of anilines is 2. The van der Waals surface area contributed by atoms with Crippen LogP contribution in [-0.4, -0.2) is 80.4 Å². The van der Waals surface area contributed by atoms with Crippen LogP contribution in [0.3, 0.4) is 0 Å². The topological polar surface area (TPSA) is 128 Å². The number of nitrogens with zero attached hydrogens (tertiary/aromatic N) is 2. The minimum atomic E-state index is -3.68. The fraction of sp³-hybridized carbons (Fsp3) is 0.417. The number of sulfonamides is 1. The molecule has 3 atom stereocenters. The summed E-state index contributed by atoms with van der Waals surface area (Å²) >= 11 is 0. The van der Waals surface area contributed by atoms with E-state index < -0.39 is 39.9 Å². The van der Waals surface area contributed by atoms with Crippen molar-refractivity contribution in [3.63, 3.8) is 0 Å². The van der Waals surface area contributed by atoms with Gasteiger partial charge in [0.25, 0.3) is 5.91 Å². The Labute approximate surface area is 210 Å². The summed E-state index contributed by atoms with van der Waals surface area (Å²) in [5.41, 5.74) is 0.648. The lowest BCUT2D eigenvalue weighted by Gasteiger charge is -2.38. The maximum atomic E-state index is 13.4. The molecule has 3 amide bonds. The first-order valence-corrected chi connectivity index (χ1v) is 13.3. The van der Waals surface area contributed by atoms with Gasteiger partial charge in [0, 0.05) is 25.2 Å². The second-order valence-corrected chi connectivity index (χ2v) is 10.7. The molecule has 196 valence electrons. The number of aliphatic hydroxyl groups excluding tert-OH is 1. The predicted molar refractivity (Wildman–Crippen MR) is 134 cm³/mol. The van der Waals surface area contributed by atoms with Crippen molar-refractivity contribution in [1.82, 2.24) is 9.80 Å². The number of carbonyl (C=O) groups excluding carboxylic acids is 2. The molecule has 0 unspecified atom stereocenters. The monoisotopic (exact) mass is 522 g/mol. The van der Waals surface area contributed by atoms with Gasteiger partial charge in [0.15, 0.2) is 5.75 Å². The van der Waals surface area contributed by atoms with E-state index in [1.807, 2.05) is 6.92 Å². The van der Waals surface area contributed by atoms with E-state index in [2.05, 4.69) is 10.0 Å². The molecule has 0 bridgehead atoms. The van der Waals surface area contributed by atoms with E-state index >= 15 is 0 Å². The highest BCUT2D eigenvalue weighted by atomic mass is 32.2. The van der Waals surface area contributed by atoms with Crippen molar-refractivity contribution in [2.75, 3.05) is 43.0 Å². The smallest absolute Gasteiger partial charge is 0.321 e. The molecular weight excluding hydrogens is 491 g/mol. The van der Waals surface area contributed by atoms with Crippen LogP contribution in [0.25, 0.3) is 0 Å². The first-order valence-electron chi connectivity index (χ1n) is 11.4. The van der Waals surface area contributed by atoms with Gasteiger partial charge in [0.05, 0.1) is 36.7 Å². The molecule has 0 fully saturated rings. The maximum absolute atomic E-state index is 13.4. The second-order valence-electron chi connectivity index (χ2n) is 9.00. The fourth-order valence-corrected chi connectivity index (χ4v) is 4.41. The second kappa shape index (κ2) is 11.1. The van der Waals surface area contributed by atoms with E-state index in [0.29, 0.717) is 5.69 Å². The van der Waals surface area contributed by atoms with Crippen molar-refractivity contribution < 1.29 is 32.2 Å². The van der Waals surface area contributed by atoms with Crippen LogP contribution in [-0.2, 0) is 10.0 Å². The van der Waals surface area contributed by atoms with Crippen LogP contribution in [0.1, 0.15) is 24.2 Å². The number of ether oxygens (including phenoxy) is 1. The van der Waals surface area contributed by atoms with Gasteiger partial charge < -0.3 is 25.0 Å². The quantitative estimate of drug-likeness (QED) is 0.513. The Bertz CT molecular complexity index is 1210. The van der Waals surface area contributed by atoms with Gasteiger partial charge in [-0.25, -0.2) is 17.6 Å². The Morgan fingerprint density at radius 1 is 1.28 bits per heavy atom. The van der Waals surface area contributed by atoms with E-state index in [0.717, 1.165) is 6.26 Å². The van der Waals surface area contributed by atoms with E-state index in [-0.39, 0.29) is 42.6 Å². The van der Waals surface area contributed by atoms with Gasteiger partial charge in [-0.2, -0.15) is 0 Å². The first-order chi connectivity index (χ1) is 16.9. The third-order valence-corrected chi connectivity index (χ3v) is 6.47. The number of para-hydroxylation sites is 1. The van der Waals surface area contributed by atoms with Gasteiger partial charge in [-0.15, -0.1) is 0 Å². The molecule has 2 aromatic rings. The Morgan fingerprint density at radius 2 is 1.94 bits per heavy atom. The van der Waals surface area contributed by atoms with Crippen LogP contribution < -0.4 is 14.8 Å². The zero-order valence-corrected chi connectivity index (χ0v) is 21.4. The van der Waals surface area contributed by atoms with Crippen molar-refractivity contribution in [3.05, 3.63) is 53.8 Å². The van der Waals surface area contributed by atoms with Crippen LogP contribution in [0.15, 0.2) is 42.5 Å². The third kappa shape index (κ3) is 6.64. The predicted octanol–water partition coefficient (Wildman–Crippen LogP) is 2.58. The van der Waals surface area contributed by atoms with Crippen molar-refractivity contribution >= 4 is 33.3 Å². The summed E-state index contributed by atoms with van der Waals surface area (Å²) < 4.78 is 45.7. The molecule has 3 rings (SSSR count). The summed E-state index contributed by atoms with van der Waals surface area (Å²) in [5.74, 6) is -1.08. The number of benzene rings is 2. The summed E-state index contributed by atoms with van der Waals surface area (Å²) in [6.07, 6.45) is 0.349. The van der Waals surface area contributed by atoms with Gasteiger partial charge >= 0.3 is 6.03 Å². The molecule has 0 radical (unpaired) electrons. The van der Waals surface area contributed by atoms with Crippen LogP contribution in [0.2, 0.25) is 0 Å². The molecule has 0 spiro atoms. The minimum absolute atomic E-state index is 0.0481. The van der Waals surface area contributed by atoms with Crippen LogP contribution in [0.4, 0.5) is 20.6 Å². The third-order valence-electron chi connectivity index (χ3n) is 5.88. The molecule has 0 saturated carbocycles. The number of urea groups is 1. The molecule has 1 heterocycles. The molecule has 10 nitrogen and oxygen atoms in total. The summed E-state index contributed by atoms with van der Waals surface area (Å²) in [7, 11) is -2.12. The zero-order chi connectivity index (χ0) is 26.6. The highest BCUT2D eigenvalue weighted by Crippen LogP contribution is 2.35. The average Bonchev–Trinajstić information content (AvgIpc) is 2.81. The Balaban J connectivity index is 1.93. The summed E-state index contributed by atoms with van der Waals surface area (Å²) in [5, 5.41) is 12.4. The van der Waals surface area contributed by atoms with E-state index in [4.69, 9.17) is 4.74 Å². The van der Waals surface area contributed by atoms with Crippen LogP contribution in [0.5, 0.6) is 5.75 Å². The molecule has 2 aromatic carbocycles. The number of fused-ring (bicyclic) bond motifs is 1. The lowest BCUT2D eigenvalue weighted by Crippen LogP contribution is -2.50. The number of rotatable bonds is 7. The van der Waals surface area contributed by atoms with E-state index in [1.165, 1.54) is 52.3 Å². The molecule has 12 heteroatoms. The Kier molecular flexibility index (Phi) is 8.41. The summed E-state index contributed by atoms with van der Waals surface area (Å²) in [6, 6.07) is 8.94. The highest BCUT2D eigenvalue weighted by Gasteiger charge is 2.35. The number of nitrogens with one attached hydrogen (secondary N) is 2. The van der Waals surface area contributed by atoms with Crippen LogP contribution >= 0.6 is 0 Å². The molecule has 36 heavy (non-hydrogen) atoms. The lowest BCUT2D eigenvalue weighted by molar-refractivity contribution is 0.0373. The Morgan fingerprint density at radius 3 is 2.56 bits per heavy atom. The van der Waals surface area contributed by atoms with Crippen molar-refractivity contribution in [3.8, 4) is 5.75 Å². The van der Waals surface area contributed by atoms with Gasteiger partial charge in [-0.3, -0.25) is 9.52 Å². The number of amides is 3. The van der Waals surface area contributed by atoms with Crippen molar-refractivity contribution in [1.29, 1.82) is 0 Å². The van der Waals surface area contributed by atoms with Gasteiger partial charge in [0.2, 0.25) is 10.0 Å². The standard InChI is InChI=1S/C24H31FN4O6S/c1-15-12-29(16(2)14-30)23(31)19-6-5-7-20(27-36(4,33)34)22(19)35-21(15)13-28(3)24(32)26-18-10-8-17(25)9-11-18/h5-11,15-16,21,27,30H,12-14H2,1-4H3,(H,26,32)/t15-,16-,21-/m1/s1. The minimum Gasteiger partial charge on any atom is -0.485 e. The number of aliphatic hydroxyl groups is 1. The largest absolute Gasteiger partial charge is 0.485 e. The number of hydrogen-bond donors (Lipinski definition) is 3.